The van der Waals surface area contributed by atoms with Crippen molar-refractivity contribution in [3.63, 3.8) is 0 Å². The average Bonchev–Trinajstić information content (AvgIpc) is 2.31. The van der Waals surface area contributed by atoms with Crippen LogP contribution in [0.1, 0.15) is 31.9 Å². The summed E-state index contributed by atoms with van der Waals surface area (Å²) < 4.78 is 0. The van der Waals surface area contributed by atoms with Gasteiger partial charge in [-0.3, -0.25) is 4.98 Å². The van der Waals surface area contributed by atoms with Gasteiger partial charge < -0.3 is 5.32 Å². The van der Waals surface area contributed by atoms with Crippen molar-refractivity contribution >= 4 is 11.8 Å². The quantitative estimate of drug-likeness (QED) is 0.804. The normalized spacial score (nSPS) is 14.9. The summed E-state index contributed by atoms with van der Waals surface area (Å²) in [6.45, 7) is 4.51. The van der Waals surface area contributed by atoms with Crippen molar-refractivity contribution in [2.75, 3.05) is 12.8 Å². The first-order chi connectivity index (χ1) is 7.27. The molecule has 3 heteroatoms. The predicted octanol–water partition coefficient (Wildman–Crippen LogP) is 2.87. The molecule has 84 valence electrons. The molecule has 1 rings (SSSR count). The van der Waals surface area contributed by atoms with Gasteiger partial charge in [0.05, 0.1) is 0 Å². The molecule has 2 atom stereocenters. The molecule has 1 aromatic rings. The molecular formula is C12H20N2S. The standard InChI is InChI=1S/C12H20N2S/c1-4-10(2)15-9-12(13-3)11-6-5-7-14-8-11/h5-8,10,12-13H,4,9H2,1-3H3. The topological polar surface area (TPSA) is 24.9 Å². The highest BCUT2D eigenvalue weighted by Crippen LogP contribution is 2.21. The summed E-state index contributed by atoms with van der Waals surface area (Å²) in [6, 6.07) is 4.54. The molecule has 0 bridgehead atoms. The van der Waals surface area contributed by atoms with Gasteiger partial charge in [-0.15, -0.1) is 0 Å². The van der Waals surface area contributed by atoms with E-state index in [-0.39, 0.29) is 0 Å². The van der Waals surface area contributed by atoms with Gasteiger partial charge in [-0.2, -0.15) is 11.8 Å². The van der Waals surface area contributed by atoms with Crippen LogP contribution in [0.5, 0.6) is 0 Å². The molecule has 0 aliphatic heterocycles. The van der Waals surface area contributed by atoms with E-state index in [1.54, 1.807) is 0 Å². The Labute approximate surface area is 96.9 Å². The number of nitrogens with one attached hydrogen (secondary N) is 1. The van der Waals surface area contributed by atoms with Crippen LogP contribution in [-0.2, 0) is 0 Å². The zero-order valence-corrected chi connectivity index (χ0v) is 10.6. The van der Waals surface area contributed by atoms with Crippen LogP contribution in [-0.4, -0.2) is 23.0 Å². The fourth-order valence-corrected chi connectivity index (χ4v) is 2.42. The molecule has 0 aromatic carbocycles. The second-order valence-electron chi connectivity index (χ2n) is 3.68. The Morgan fingerprint density at radius 1 is 1.53 bits per heavy atom. The molecule has 0 radical (unpaired) electrons. The van der Waals surface area contributed by atoms with Gasteiger partial charge in [-0.25, -0.2) is 0 Å². The molecule has 0 saturated heterocycles. The van der Waals surface area contributed by atoms with Crippen LogP contribution < -0.4 is 5.32 Å². The van der Waals surface area contributed by atoms with Crippen LogP contribution in [0, 0.1) is 0 Å². The van der Waals surface area contributed by atoms with Crippen LogP contribution in [0.4, 0.5) is 0 Å². The van der Waals surface area contributed by atoms with Crippen molar-refractivity contribution in [3.05, 3.63) is 30.1 Å². The Bertz CT molecular complexity index is 264. The van der Waals surface area contributed by atoms with Crippen LogP contribution in [0.15, 0.2) is 24.5 Å². The highest BCUT2D eigenvalue weighted by Gasteiger charge is 2.10. The first kappa shape index (κ1) is 12.5. The molecular weight excluding hydrogens is 204 g/mol. The molecule has 2 unspecified atom stereocenters. The van der Waals surface area contributed by atoms with Crippen LogP contribution in [0.25, 0.3) is 0 Å². The minimum Gasteiger partial charge on any atom is -0.312 e. The summed E-state index contributed by atoms with van der Waals surface area (Å²) in [5.74, 6) is 1.11. The first-order valence-corrected chi connectivity index (χ1v) is 6.51. The largest absolute Gasteiger partial charge is 0.312 e. The van der Waals surface area contributed by atoms with Gasteiger partial charge in [0, 0.05) is 29.4 Å². The second kappa shape index (κ2) is 6.85. The van der Waals surface area contributed by atoms with Crippen LogP contribution in [0.3, 0.4) is 0 Å². The maximum Gasteiger partial charge on any atom is 0.0424 e. The van der Waals surface area contributed by atoms with Crippen molar-refractivity contribution in [1.29, 1.82) is 0 Å². The van der Waals surface area contributed by atoms with Crippen molar-refractivity contribution in [2.45, 2.75) is 31.6 Å². The summed E-state index contributed by atoms with van der Waals surface area (Å²) in [4.78, 5) is 4.15. The fourth-order valence-electron chi connectivity index (χ4n) is 1.31. The Kier molecular flexibility index (Phi) is 5.73. The Hall–Kier alpha value is -0.540. The monoisotopic (exact) mass is 224 g/mol. The SMILES string of the molecule is CCC(C)SCC(NC)c1cccnc1. The lowest BCUT2D eigenvalue weighted by Gasteiger charge is -2.17. The van der Waals surface area contributed by atoms with E-state index in [0.29, 0.717) is 6.04 Å². The molecule has 0 aliphatic carbocycles. The minimum absolute atomic E-state index is 0.415. The van der Waals surface area contributed by atoms with Gasteiger partial charge >= 0.3 is 0 Å². The second-order valence-corrected chi connectivity index (χ2v) is 5.15. The Morgan fingerprint density at radius 2 is 2.33 bits per heavy atom. The van der Waals surface area contributed by atoms with Gasteiger partial charge in [0.2, 0.25) is 0 Å². The van der Waals surface area contributed by atoms with E-state index in [4.69, 9.17) is 0 Å². The van der Waals surface area contributed by atoms with Gasteiger partial charge in [-0.1, -0.05) is 19.9 Å². The zero-order valence-electron chi connectivity index (χ0n) is 9.73. The van der Waals surface area contributed by atoms with E-state index in [2.05, 4.69) is 30.2 Å². The van der Waals surface area contributed by atoms with E-state index in [0.717, 1.165) is 11.0 Å². The highest BCUT2D eigenvalue weighted by molar-refractivity contribution is 7.99. The third kappa shape index (κ3) is 4.22. The third-order valence-electron chi connectivity index (χ3n) is 2.56. The average molecular weight is 224 g/mol. The molecule has 0 fully saturated rings. The molecule has 0 aliphatic rings. The van der Waals surface area contributed by atoms with Crippen molar-refractivity contribution in [3.8, 4) is 0 Å². The summed E-state index contributed by atoms with van der Waals surface area (Å²) >= 11 is 2.01. The third-order valence-corrected chi connectivity index (χ3v) is 3.99. The maximum atomic E-state index is 4.15. The van der Waals surface area contributed by atoms with E-state index in [9.17, 15) is 0 Å². The number of aromatic nitrogens is 1. The molecule has 0 saturated carbocycles. The van der Waals surface area contributed by atoms with E-state index < -0.39 is 0 Å². The number of pyridine rings is 1. The van der Waals surface area contributed by atoms with Crippen LogP contribution in [0.2, 0.25) is 0 Å². The highest BCUT2D eigenvalue weighted by atomic mass is 32.2. The van der Waals surface area contributed by atoms with E-state index >= 15 is 0 Å². The van der Waals surface area contributed by atoms with Gasteiger partial charge in [-0.05, 0) is 25.1 Å². The number of rotatable bonds is 6. The molecule has 2 nitrogen and oxygen atoms in total. The number of thioether (sulfide) groups is 1. The number of hydrogen-bond acceptors (Lipinski definition) is 3. The van der Waals surface area contributed by atoms with Gasteiger partial charge in [0.25, 0.3) is 0 Å². The van der Waals surface area contributed by atoms with Gasteiger partial charge in [0.1, 0.15) is 0 Å². The molecule has 1 N–H and O–H groups in total. The molecule has 15 heavy (non-hydrogen) atoms. The minimum atomic E-state index is 0.415. The van der Waals surface area contributed by atoms with Gasteiger partial charge in [0.15, 0.2) is 0 Å². The molecule has 0 spiro atoms. The fraction of sp³-hybridized carbons (Fsp3) is 0.583. The van der Waals surface area contributed by atoms with E-state index in [1.165, 1.54) is 12.0 Å². The number of hydrogen-bond donors (Lipinski definition) is 1. The molecule has 1 aromatic heterocycles. The maximum absolute atomic E-state index is 4.15. The Balaban J connectivity index is 2.50. The summed E-state index contributed by atoms with van der Waals surface area (Å²) in [5.41, 5.74) is 1.27. The predicted molar refractivity (Wildman–Crippen MR) is 68.2 cm³/mol. The summed E-state index contributed by atoms with van der Waals surface area (Å²) in [6.07, 6.45) is 4.99. The zero-order chi connectivity index (χ0) is 11.1. The smallest absolute Gasteiger partial charge is 0.0424 e. The van der Waals surface area contributed by atoms with Crippen molar-refractivity contribution in [1.82, 2.24) is 10.3 Å². The lowest BCUT2D eigenvalue weighted by molar-refractivity contribution is 0.657. The Morgan fingerprint density at radius 3 is 2.87 bits per heavy atom. The number of nitrogens with zero attached hydrogens (tertiary/aromatic N) is 1. The van der Waals surface area contributed by atoms with E-state index in [1.807, 2.05) is 37.3 Å². The summed E-state index contributed by atoms with van der Waals surface area (Å²) in [5, 5.41) is 4.07. The van der Waals surface area contributed by atoms with Crippen molar-refractivity contribution in [2.24, 2.45) is 0 Å². The molecule has 1 heterocycles. The lowest BCUT2D eigenvalue weighted by Crippen LogP contribution is -2.19. The summed E-state index contributed by atoms with van der Waals surface area (Å²) in [7, 11) is 2.01. The lowest BCUT2D eigenvalue weighted by atomic mass is 10.1. The van der Waals surface area contributed by atoms with Crippen molar-refractivity contribution < 1.29 is 0 Å². The molecule has 0 amide bonds. The first-order valence-electron chi connectivity index (χ1n) is 5.46. The van der Waals surface area contributed by atoms with Crippen LogP contribution >= 0.6 is 11.8 Å².